The Kier molecular flexibility index (Phi) is 5.50. The fourth-order valence-corrected chi connectivity index (χ4v) is 6.08. The average Bonchev–Trinajstić information content (AvgIpc) is 3.53. The zero-order valence-electron chi connectivity index (χ0n) is 19.1. The standard InChI is InChI=1S/C26H22N2O4S2/c1-13-7-8-14(2)16(10-13)23(29)21-22(19-6-5-9-33-19)28(25(31)24(21)30)26-27-17-11-15(3)18(32-4)12-20(17)34-26/h5-12,22,29H,1-4H3/b23-21+. The summed E-state index contributed by atoms with van der Waals surface area (Å²) in [6, 6.07) is 12.4. The van der Waals surface area contributed by atoms with Gasteiger partial charge < -0.3 is 9.84 Å². The number of thiazole rings is 1. The van der Waals surface area contributed by atoms with Gasteiger partial charge in [-0.25, -0.2) is 4.98 Å². The number of hydrogen-bond acceptors (Lipinski definition) is 7. The van der Waals surface area contributed by atoms with Crippen LogP contribution in [0.2, 0.25) is 0 Å². The lowest BCUT2D eigenvalue weighted by atomic mass is 9.96. The van der Waals surface area contributed by atoms with Gasteiger partial charge >= 0.3 is 5.91 Å². The maximum absolute atomic E-state index is 13.4. The average molecular weight is 491 g/mol. The van der Waals surface area contributed by atoms with Gasteiger partial charge in [0.1, 0.15) is 17.6 Å². The molecule has 8 heteroatoms. The van der Waals surface area contributed by atoms with Crippen molar-refractivity contribution in [3.63, 3.8) is 0 Å². The van der Waals surface area contributed by atoms with Gasteiger partial charge in [-0.3, -0.25) is 14.5 Å². The topological polar surface area (TPSA) is 79.7 Å². The van der Waals surface area contributed by atoms with Crippen LogP contribution in [0.1, 0.15) is 33.2 Å². The molecule has 1 N–H and O–H groups in total. The van der Waals surface area contributed by atoms with E-state index < -0.39 is 17.7 Å². The predicted molar refractivity (Wildman–Crippen MR) is 136 cm³/mol. The number of amides is 1. The Morgan fingerprint density at radius 3 is 2.59 bits per heavy atom. The van der Waals surface area contributed by atoms with E-state index in [4.69, 9.17) is 9.72 Å². The van der Waals surface area contributed by atoms with Gasteiger partial charge in [0.2, 0.25) is 0 Å². The number of methoxy groups -OCH3 is 1. The van der Waals surface area contributed by atoms with Crippen molar-refractivity contribution in [2.75, 3.05) is 12.0 Å². The first-order valence-corrected chi connectivity index (χ1v) is 12.4. The Morgan fingerprint density at radius 1 is 1.09 bits per heavy atom. The van der Waals surface area contributed by atoms with Crippen LogP contribution in [0.4, 0.5) is 5.13 Å². The van der Waals surface area contributed by atoms with Gasteiger partial charge in [-0.1, -0.05) is 35.1 Å². The fourth-order valence-electron chi connectivity index (χ4n) is 4.25. The second-order valence-corrected chi connectivity index (χ2v) is 10.3. The Morgan fingerprint density at radius 2 is 1.88 bits per heavy atom. The van der Waals surface area contributed by atoms with E-state index in [1.54, 1.807) is 7.11 Å². The van der Waals surface area contributed by atoms with E-state index in [9.17, 15) is 14.7 Å². The number of aryl methyl sites for hydroxylation is 3. The first-order valence-electron chi connectivity index (χ1n) is 10.7. The van der Waals surface area contributed by atoms with E-state index in [0.717, 1.165) is 37.5 Å². The molecule has 1 atom stereocenters. The van der Waals surface area contributed by atoms with Crippen molar-refractivity contribution >= 4 is 55.5 Å². The van der Waals surface area contributed by atoms with Crippen LogP contribution in [0.5, 0.6) is 5.75 Å². The number of aliphatic hydroxyl groups is 1. The number of carbonyl (C=O) groups excluding carboxylic acids is 2. The van der Waals surface area contributed by atoms with Crippen molar-refractivity contribution < 1.29 is 19.4 Å². The largest absolute Gasteiger partial charge is 0.507 e. The quantitative estimate of drug-likeness (QED) is 0.218. The summed E-state index contributed by atoms with van der Waals surface area (Å²) < 4.78 is 6.28. The van der Waals surface area contributed by atoms with E-state index in [0.29, 0.717) is 10.7 Å². The molecule has 4 aromatic rings. The number of Topliss-reactive ketones (excluding diaryl/α,β-unsaturated/α-hetero) is 1. The van der Waals surface area contributed by atoms with Crippen LogP contribution in [0.3, 0.4) is 0 Å². The van der Waals surface area contributed by atoms with Crippen molar-refractivity contribution in [1.82, 2.24) is 4.98 Å². The summed E-state index contributed by atoms with van der Waals surface area (Å²) in [5, 5.41) is 13.6. The van der Waals surface area contributed by atoms with Crippen LogP contribution < -0.4 is 9.64 Å². The SMILES string of the molecule is COc1cc2sc(N3C(=O)C(=O)/C(=C(/O)c4cc(C)ccc4C)C3c3cccs3)nc2cc1C. The van der Waals surface area contributed by atoms with E-state index in [2.05, 4.69) is 0 Å². The van der Waals surface area contributed by atoms with Gasteiger partial charge in [0, 0.05) is 10.4 Å². The lowest BCUT2D eigenvalue weighted by Gasteiger charge is -2.21. The van der Waals surface area contributed by atoms with Crippen molar-refractivity contribution in [3.8, 4) is 5.75 Å². The minimum atomic E-state index is -0.761. The van der Waals surface area contributed by atoms with Gasteiger partial charge in [-0.15, -0.1) is 11.3 Å². The zero-order chi connectivity index (χ0) is 24.1. The normalized spacial score (nSPS) is 17.6. The molecule has 0 saturated carbocycles. The number of nitrogens with zero attached hydrogens (tertiary/aromatic N) is 2. The number of anilines is 1. The molecular formula is C26H22N2O4S2. The first kappa shape index (κ1) is 22.3. The van der Waals surface area contributed by atoms with Gasteiger partial charge in [0.05, 0.1) is 22.9 Å². The predicted octanol–water partition coefficient (Wildman–Crippen LogP) is 5.92. The van der Waals surface area contributed by atoms with Gasteiger partial charge in [0.15, 0.2) is 5.13 Å². The summed E-state index contributed by atoms with van der Waals surface area (Å²) in [6.07, 6.45) is 0. The van der Waals surface area contributed by atoms with Crippen molar-refractivity contribution in [2.24, 2.45) is 0 Å². The van der Waals surface area contributed by atoms with E-state index in [-0.39, 0.29) is 11.3 Å². The summed E-state index contributed by atoms with van der Waals surface area (Å²) in [4.78, 5) is 33.6. The highest BCUT2D eigenvalue weighted by atomic mass is 32.1. The van der Waals surface area contributed by atoms with Crippen LogP contribution in [0.25, 0.3) is 16.0 Å². The molecule has 0 aliphatic carbocycles. The Balaban J connectivity index is 1.72. The first-order chi connectivity index (χ1) is 16.3. The number of aromatic nitrogens is 1. The van der Waals surface area contributed by atoms with Crippen LogP contribution in [-0.2, 0) is 9.59 Å². The van der Waals surface area contributed by atoms with E-state index in [1.807, 2.05) is 68.6 Å². The van der Waals surface area contributed by atoms with Crippen molar-refractivity contribution in [2.45, 2.75) is 26.8 Å². The molecular weight excluding hydrogens is 468 g/mol. The van der Waals surface area contributed by atoms with Gasteiger partial charge in [0.25, 0.3) is 5.78 Å². The van der Waals surface area contributed by atoms with Crippen molar-refractivity contribution in [3.05, 3.63) is 80.5 Å². The Labute approximate surface area is 204 Å². The highest BCUT2D eigenvalue weighted by Crippen LogP contribution is 2.46. The van der Waals surface area contributed by atoms with Crippen molar-refractivity contribution in [1.29, 1.82) is 0 Å². The number of fused-ring (bicyclic) bond motifs is 1. The van der Waals surface area contributed by atoms with E-state index >= 15 is 0 Å². The number of ether oxygens (including phenoxy) is 1. The molecule has 172 valence electrons. The number of carbonyl (C=O) groups is 2. The van der Waals surface area contributed by atoms with Crippen LogP contribution in [-0.4, -0.2) is 28.9 Å². The minimum absolute atomic E-state index is 0.0779. The second kappa shape index (κ2) is 8.38. The summed E-state index contributed by atoms with van der Waals surface area (Å²) in [5.74, 6) is -0.855. The fraction of sp³-hybridized carbons (Fsp3) is 0.192. The zero-order valence-corrected chi connectivity index (χ0v) is 20.7. The molecule has 2 aromatic heterocycles. The monoisotopic (exact) mass is 490 g/mol. The molecule has 0 bridgehead atoms. The Bertz CT molecular complexity index is 1480. The third kappa shape index (κ3) is 3.50. The number of hydrogen-bond donors (Lipinski definition) is 1. The molecule has 34 heavy (non-hydrogen) atoms. The lowest BCUT2D eigenvalue weighted by Crippen LogP contribution is -2.28. The third-order valence-electron chi connectivity index (χ3n) is 6.01. The molecule has 1 aliphatic heterocycles. The molecule has 3 heterocycles. The smallest absolute Gasteiger partial charge is 0.301 e. The molecule has 6 nitrogen and oxygen atoms in total. The van der Waals surface area contributed by atoms with Gasteiger partial charge in [-0.05, 0) is 61.5 Å². The minimum Gasteiger partial charge on any atom is -0.507 e. The molecule has 1 amide bonds. The van der Waals surface area contributed by atoms with Crippen LogP contribution in [0.15, 0.2) is 53.4 Å². The maximum Gasteiger partial charge on any atom is 0.301 e. The molecule has 1 fully saturated rings. The molecule has 0 radical (unpaired) electrons. The number of benzene rings is 2. The molecule has 0 spiro atoms. The molecule has 2 aromatic carbocycles. The van der Waals surface area contributed by atoms with Crippen LogP contribution >= 0.6 is 22.7 Å². The number of ketones is 1. The Hall–Kier alpha value is -3.49. The van der Waals surface area contributed by atoms with E-state index in [1.165, 1.54) is 27.6 Å². The third-order valence-corrected chi connectivity index (χ3v) is 7.95. The summed E-state index contributed by atoms with van der Waals surface area (Å²) in [5.41, 5.74) is 4.04. The lowest BCUT2D eigenvalue weighted by molar-refractivity contribution is -0.132. The highest BCUT2D eigenvalue weighted by Gasteiger charge is 2.48. The second-order valence-electron chi connectivity index (χ2n) is 8.29. The summed E-state index contributed by atoms with van der Waals surface area (Å²) in [7, 11) is 1.61. The summed E-state index contributed by atoms with van der Waals surface area (Å²) in [6.45, 7) is 5.72. The molecule has 1 unspecified atom stereocenters. The van der Waals surface area contributed by atoms with Gasteiger partial charge in [-0.2, -0.15) is 0 Å². The molecule has 1 aliphatic rings. The molecule has 1 saturated heterocycles. The summed E-state index contributed by atoms with van der Waals surface area (Å²) >= 11 is 2.74. The highest BCUT2D eigenvalue weighted by molar-refractivity contribution is 7.22. The number of thiophene rings is 1. The van der Waals surface area contributed by atoms with Crippen LogP contribution in [0, 0.1) is 20.8 Å². The number of aliphatic hydroxyl groups excluding tert-OH is 1. The molecule has 5 rings (SSSR count). The number of rotatable bonds is 4. The maximum atomic E-state index is 13.4.